The highest BCUT2D eigenvalue weighted by Crippen LogP contribution is 2.21. The topological polar surface area (TPSA) is 375 Å². The summed E-state index contributed by atoms with van der Waals surface area (Å²) in [4.78, 5) is 108. The number of carbonyl (C=O) groups is 8. The molecule has 0 unspecified atom stereocenters. The monoisotopic (exact) mass is 792 g/mol. The van der Waals surface area contributed by atoms with Crippen LogP contribution in [-0.4, -0.2) is 155 Å². The Morgan fingerprint density at radius 3 is 2.12 bits per heavy atom. The number of hydrogen-bond acceptors (Lipinski definition) is 13. The molecule has 23 heteroatoms. The molecule has 3 rings (SSSR count). The lowest BCUT2D eigenvalue weighted by atomic mass is 9.92. The molecule has 7 amide bonds. The van der Waals surface area contributed by atoms with Gasteiger partial charge in [0.1, 0.15) is 42.5 Å². The summed E-state index contributed by atoms with van der Waals surface area (Å²) in [7, 11) is 0. The van der Waals surface area contributed by atoms with E-state index in [9.17, 15) is 58.8 Å². The molecule has 56 heavy (non-hydrogen) atoms. The van der Waals surface area contributed by atoms with E-state index < -0.39 is 128 Å². The van der Waals surface area contributed by atoms with E-state index in [2.05, 4.69) is 42.2 Å². The first-order valence-corrected chi connectivity index (χ1v) is 17.5. The summed E-state index contributed by atoms with van der Waals surface area (Å²) < 4.78 is 5.50. The van der Waals surface area contributed by atoms with Gasteiger partial charge in [0.05, 0.1) is 25.6 Å². The van der Waals surface area contributed by atoms with Gasteiger partial charge in [-0.05, 0) is 18.4 Å². The van der Waals surface area contributed by atoms with Crippen LogP contribution in [0, 0.1) is 0 Å². The zero-order chi connectivity index (χ0) is 41.5. The van der Waals surface area contributed by atoms with Crippen LogP contribution in [0.25, 0.3) is 0 Å². The van der Waals surface area contributed by atoms with E-state index in [0.717, 1.165) is 6.92 Å². The van der Waals surface area contributed by atoms with Crippen molar-refractivity contribution >= 4 is 53.3 Å². The molecule has 0 bridgehead atoms. The number of nitrogens with two attached hydrogens (primary N) is 2. The molecule has 0 aliphatic carbocycles. The van der Waals surface area contributed by atoms with Crippen LogP contribution >= 0.6 is 0 Å². The number of guanidine groups is 1. The minimum absolute atomic E-state index is 0.0245. The van der Waals surface area contributed by atoms with Gasteiger partial charge in [-0.25, -0.2) is 0 Å². The number of carboxylic acid groups (broad SMARTS) is 1. The van der Waals surface area contributed by atoms with Crippen molar-refractivity contribution < 1.29 is 63.5 Å². The van der Waals surface area contributed by atoms with E-state index in [1.807, 2.05) is 0 Å². The van der Waals surface area contributed by atoms with E-state index in [1.165, 1.54) is 0 Å². The zero-order valence-electron chi connectivity index (χ0n) is 30.3. The van der Waals surface area contributed by atoms with Crippen molar-refractivity contribution in [1.29, 1.82) is 0 Å². The smallest absolute Gasteiger partial charge is 0.305 e. The Hall–Kier alpha value is -5.91. The maximum Gasteiger partial charge on any atom is 0.305 e. The molecule has 2 aliphatic rings. The van der Waals surface area contributed by atoms with Crippen molar-refractivity contribution in [2.75, 3.05) is 26.2 Å². The molecule has 308 valence electrons. The van der Waals surface area contributed by atoms with Crippen LogP contribution in [0.2, 0.25) is 0 Å². The molecule has 0 saturated carbocycles. The van der Waals surface area contributed by atoms with Crippen molar-refractivity contribution in [2.45, 2.75) is 87.2 Å². The van der Waals surface area contributed by atoms with Crippen molar-refractivity contribution in [3.63, 3.8) is 0 Å². The Labute approximate surface area is 319 Å². The Bertz CT molecular complexity index is 1630. The third kappa shape index (κ3) is 13.4. The Morgan fingerprint density at radius 1 is 0.875 bits per heavy atom. The molecule has 23 nitrogen and oxygen atoms in total. The minimum Gasteiger partial charge on any atom is -0.481 e. The van der Waals surface area contributed by atoms with Gasteiger partial charge in [0.25, 0.3) is 5.91 Å². The van der Waals surface area contributed by atoms with E-state index in [4.69, 9.17) is 16.2 Å². The molecule has 2 aliphatic heterocycles. The number of nitrogens with zero attached hydrogens (tertiary/aromatic N) is 1. The number of amides is 7. The maximum atomic E-state index is 14.0. The van der Waals surface area contributed by atoms with Gasteiger partial charge >= 0.3 is 5.97 Å². The summed E-state index contributed by atoms with van der Waals surface area (Å²) in [6, 6.07) is 0.390. The number of carbonyl (C=O) groups excluding carboxylic acids is 7. The summed E-state index contributed by atoms with van der Waals surface area (Å²) >= 11 is 0. The van der Waals surface area contributed by atoms with Gasteiger partial charge in [-0.2, -0.15) is 0 Å². The van der Waals surface area contributed by atoms with Crippen LogP contribution in [0.1, 0.15) is 31.7 Å². The number of aliphatic hydroxyl groups is 3. The molecule has 2 heterocycles. The molecule has 0 spiro atoms. The van der Waals surface area contributed by atoms with Crippen LogP contribution in [0.4, 0.5) is 0 Å². The third-order valence-corrected chi connectivity index (χ3v) is 8.62. The average Bonchev–Trinajstić information content (AvgIpc) is 3.14. The fourth-order valence-electron chi connectivity index (χ4n) is 5.82. The van der Waals surface area contributed by atoms with Crippen LogP contribution in [-0.2, 0) is 49.5 Å². The molecule has 2 saturated heterocycles. The first kappa shape index (κ1) is 44.5. The Balaban J connectivity index is 2.01. The lowest BCUT2D eigenvalue weighted by molar-refractivity contribution is -0.198. The van der Waals surface area contributed by atoms with Gasteiger partial charge < -0.3 is 73.8 Å². The number of benzene rings is 1. The second-order valence-corrected chi connectivity index (χ2v) is 13.0. The molecule has 1 aromatic carbocycles. The lowest BCUT2D eigenvalue weighted by Crippen LogP contribution is -2.67. The number of nitrogens with one attached hydrogen (secondary N) is 7. The number of aliphatic carboxylic acids is 1. The van der Waals surface area contributed by atoms with Crippen LogP contribution in [0.5, 0.6) is 0 Å². The van der Waals surface area contributed by atoms with E-state index in [0.29, 0.717) is 5.56 Å². The Morgan fingerprint density at radius 2 is 1.50 bits per heavy atom. The van der Waals surface area contributed by atoms with Gasteiger partial charge in [0.2, 0.25) is 35.4 Å². The van der Waals surface area contributed by atoms with Crippen molar-refractivity contribution in [3.8, 4) is 0 Å². The predicted octanol–water partition coefficient (Wildman–Crippen LogP) is -7.07. The van der Waals surface area contributed by atoms with Gasteiger partial charge in [0.15, 0.2) is 12.1 Å². The normalized spacial score (nSPS) is 27.7. The highest BCUT2D eigenvalue weighted by atomic mass is 16.5. The predicted molar refractivity (Wildman–Crippen MR) is 191 cm³/mol. The summed E-state index contributed by atoms with van der Waals surface area (Å²) in [6.07, 6.45) is -7.77. The van der Waals surface area contributed by atoms with Crippen molar-refractivity contribution in [3.05, 3.63) is 35.9 Å². The zero-order valence-corrected chi connectivity index (χ0v) is 30.3. The third-order valence-electron chi connectivity index (χ3n) is 8.62. The van der Waals surface area contributed by atoms with Gasteiger partial charge in [-0.3, -0.25) is 43.3 Å². The number of aliphatic imine (C=N–C) groups is 1. The first-order valence-electron chi connectivity index (χ1n) is 17.5. The SMILES string of the molecule is CC(=O)N[C@H]1[C@H](O)[C@@H](O)[C@H](CO)O[C@@H]1C(=O)NC[C@@H]1NC(=O)[C@@H](Cc2ccccc2)NC(=O)[C@H](CC(=O)O)NC(=O)CNC(=O)[C@H](CCCN=C(N)N)NC1=O. The average molecular weight is 793 g/mol. The second-order valence-electron chi connectivity index (χ2n) is 13.0. The van der Waals surface area contributed by atoms with E-state index in [-0.39, 0.29) is 31.8 Å². The largest absolute Gasteiger partial charge is 0.481 e. The van der Waals surface area contributed by atoms with Gasteiger partial charge in [-0.1, -0.05) is 30.3 Å². The minimum atomic E-state index is -1.78. The number of rotatable bonds is 13. The molecule has 0 aromatic heterocycles. The number of hydrogen-bond donors (Lipinski definition) is 13. The molecular weight excluding hydrogens is 744 g/mol. The quantitative estimate of drug-likeness (QED) is 0.0501. The second kappa shape index (κ2) is 21.3. The van der Waals surface area contributed by atoms with Crippen molar-refractivity contribution in [1.82, 2.24) is 37.2 Å². The van der Waals surface area contributed by atoms with Crippen LogP contribution < -0.4 is 48.7 Å². The number of aliphatic hydroxyl groups excluding tert-OH is 3. The molecule has 0 radical (unpaired) electrons. The van der Waals surface area contributed by atoms with Crippen LogP contribution in [0.3, 0.4) is 0 Å². The summed E-state index contributed by atoms with van der Waals surface area (Å²) in [5.74, 6) is -8.49. The molecule has 9 atom stereocenters. The lowest BCUT2D eigenvalue weighted by Gasteiger charge is -2.41. The van der Waals surface area contributed by atoms with Crippen LogP contribution in [0.15, 0.2) is 35.3 Å². The first-order chi connectivity index (χ1) is 26.5. The molecule has 2 fully saturated rings. The van der Waals surface area contributed by atoms with E-state index >= 15 is 0 Å². The summed E-state index contributed by atoms with van der Waals surface area (Å²) in [6.45, 7) is -1.21. The highest BCUT2D eigenvalue weighted by molar-refractivity contribution is 5.98. The van der Waals surface area contributed by atoms with Gasteiger partial charge in [-0.15, -0.1) is 0 Å². The Kier molecular flexibility index (Phi) is 16.9. The maximum absolute atomic E-state index is 14.0. The van der Waals surface area contributed by atoms with E-state index in [1.54, 1.807) is 30.3 Å². The fraction of sp³-hybridized carbons (Fsp3) is 0.545. The number of carboxylic acids is 1. The highest BCUT2D eigenvalue weighted by Gasteiger charge is 2.48. The molecule has 15 N–H and O–H groups in total. The van der Waals surface area contributed by atoms with Crippen molar-refractivity contribution in [2.24, 2.45) is 16.5 Å². The van der Waals surface area contributed by atoms with Gasteiger partial charge in [0, 0.05) is 26.4 Å². The molecule has 1 aromatic rings. The number of ether oxygens (including phenoxy) is 1. The summed E-state index contributed by atoms with van der Waals surface area (Å²) in [5.41, 5.74) is 11.3. The summed E-state index contributed by atoms with van der Waals surface area (Å²) in [5, 5.41) is 56.7. The molecular formula is C33H48N10O13. The standard InChI is InChI=1S/C33H48N10O13/c1-15(45)39-24-26(50)25(49)21(14-44)56-27(24)32(55)37-12-20-31(54)41-17(8-5-9-36-33(34)35)28(51)38-13-22(46)40-19(11-23(47)48)30(53)42-18(29(52)43-20)10-16-6-3-2-4-7-16/h2-4,6-7,17-21,24-27,44,49-50H,5,8-14H2,1H3,(H,37,55)(H,38,51)(H,39,45)(H,40,46)(H,41,54)(H,42,53)(H,43,52)(H,47,48)(H4,34,35,36)/t17-,18+,19-,20-,21-,24-,25-,26-,27-/m0/s1. The fourth-order valence-corrected chi connectivity index (χ4v) is 5.82.